The van der Waals surface area contributed by atoms with Gasteiger partial charge in [0.1, 0.15) is 11.6 Å². The fourth-order valence-electron chi connectivity index (χ4n) is 3.18. The molecule has 2 heterocycles. The first-order valence-electron chi connectivity index (χ1n) is 7.97. The van der Waals surface area contributed by atoms with Crippen molar-refractivity contribution in [2.75, 3.05) is 13.1 Å². The molecule has 4 heteroatoms. The lowest BCUT2D eigenvalue weighted by molar-refractivity contribution is -0.123. The van der Waals surface area contributed by atoms with Crippen LogP contribution in [0.2, 0.25) is 0 Å². The Labute approximate surface area is 125 Å². The minimum Gasteiger partial charge on any atom is -0.328 e. The zero-order valence-electron chi connectivity index (χ0n) is 12.6. The van der Waals surface area contributed by atoms with Gasteiger partial charge in [0.25, 0.3) is 0 Å². The van der Waals surface area contributed by atoms with E-state index < -0.39 is 0 Å². The van der Waals surface area contributed by atoms with E-state index in [4.69, 9.17) is 4.98 Å². The Balaban J connectivity index is 1.85. The molecule has 2 aromatic rings. The molecule has 0 aliphatic carbocycles. The predicted molar refractivity (Wildman–Crippen MR) is 84.3 cm³/mol. The number of nitrogens with one attached hydrogen (secondary N) is 1. The minimum absolute atomic E-state index is 0.209. The Kier molecular flexibility index (Phi) is 4.34. The van der Waals surface area contributed by atoms with Gasteiger partial charge in [0, 0.05) is 12.5 Å². The number of Topliss-reactive ketones (excluding diaryl/α,β-unsaturated/α-hetero) is 1. The monoisotopic (exact) mass is 285 g/mol. The van der Waals surface area contributed by atoms with Crippen molar-refractivity contribution in [3.05, 3.63) is 30.1 Å². The maximum atomic E-state index is 12.5. The van der Waals surface area contributed by atoms with Gasteiger partial charge in [-0.3, -0.25) is 4.79 Å². The smallest absolute Gasteiger partial charge is 0.143 e. The highest BCUT2D eigenvalue weighted by Gasteiger charge is 2.23. The molecule has 1 aromatic carbocycles. The van der Waals surface area contributed by atoms with Gasteiger partial charge in [-0.2, -0.15) is 0 Å². The Morgan fingerprint density at radius 2 is 2.10 bits per heavy atom. The average molecular weight is 285 g/mol. The Morgan fingerprint density at radius 3 is 2.86 bits per heavy atom. The summed E-state index contributed by atoms with van der Waals surface area (Å²) in [6.07, 6.45) is 3.45. The molecule has 3 rings (SSSR count). The van der Waals surface area contributed by atoms with Crippen LogP contribution in [0.3, 0.4) is 0 Å². The number of aromatic nitrogens is 2. The van der Waals surface area contributed by atoms with Gasteiger partial charge in [0.05, 0.1) is 17.5 Å². The van der Waals surface area contributed by atoms with Crippen molar-refractivity contribution in [3.8, 4) is 0 Å². The molecule has 1 aliphatic rings. The fraction of sp³-hybridized carbons (Fsp3) is 0.529. The number of carbonyl (C=O) groups is 1. The van der Waals surface area contributed by atoms with E-state index in [0.29, 0.717) is 12.2 Å². The second-order valence-electron chi connectivity index (χ2n) is 5.84. The lowest BCUT2D eigenvalue weighted by Gasteiger charge is -2.21. The summed E-state index contributed by atoms with van der Waals surface area (Å²) in [7, 11) is 0. The summed E-state index contributed by atoms with van der Waals surface area (Å²) in [6.45, 7) is 5.01. The molecule has 112 valence electrons. The van der Waals surface area contributed by atoms with E-state index in [9.17, 15) is 4.79 Å². The van der Waals surface area contributed by atoms with Gasteiger partial charge in [0.15, 0.2) is 0 Å². The molecule has 0 bridgehead atoms. The number of nitrogens with zero attached hydrogens (tertiary/aromatic N) is 2. The van der Waals surface area contributed by atoms with E-state index in [-0.39, 0.29) is 5.92 Å². The van der Waals surface area contributed by atoms with Crippen LogP contribution < -0.4 is 5.32 Å². The Morgan fingerprint density at radius 1 is 1.33 bits per heavy atom. The van der Waals surface area contributed by atoms with Crippen molar-refractivity contribution >= 4 is 16.8 Å². The lowest BCUT2D eigenvalue weighted by Crippen LogP contribution is -2.32. The second kappa shape index (κ2) is 6.39. The summed E-state index contributed by atoms with van der Waals surface area (Å²) in [4.78, 5) is 17.2. The number of imidazole rings is 1. The molecule has 0 spiro atoms. The SMILES string of the molecule is CCCn1c(CC(=O)C2CCNCC2)nc2ccccc21. The standard InChI is InChI=1S/C17H23N3O/c1-2-11-20-15-6-4-3-5-14(15)19-17(20)12-16(21)13-7-9-18-10-8-13/h3-6,13,18H,2,7-12H2,1H3. The largest absolute Gasteiger partial charge is 0.328 e. The third kappa shape index (κ3) is 3.00. The van der Waals surface area contributed by atoms with Crippen molar-refractivity contribution in [2.24, 2.45) is 5.92 Å². The van der Waals surface area contributed by atoms with Crippen molar-refractivity contribution in [2.45, 2.75) is 39.2 Å². The van der Waals surface area contributed by atoms with Crippen molar-refractivity contribution < 1.29 is 4.79 Å². The predicted octanol–water partition coefficient (Wildman–Crippen LogP) is 2.56. The molecule has 1 aliphatic heterocycles. The number of piperidine rings is 1. The lowest BCUT2D eigenvalue weighted by atomic mass is 9.92. The molecule has 1 N–H and O–H groups in total. The fourth-order valence-corrected chi connectivity index (χ4v) is 3.18. The normalized spacial score (nSPS) is 16.4. The maximum Gasteiger partial charge on any atom is 0.143 e. The Hall–Kier alpha value is -1.68. The van der Waals surface area contributed by atoms with E-state index in [1.165, 1.54) is 0 Å². The second-order valence-corrected chi connectivity index (χ2v) is 5.84. The third-order valence-electron chi connectivity index (χ3n) is 4.31. The molecule has 0 amide bonds. The van der Waals surface area contributed by atoms with Crippen LogP contribution in [0, 0.1) is 5.92 Å². The minimum atomic E-state index is 0.209. The molecule has 1 saturated heterocycles. The maximum absolute atomic E-state index is 12.5. The molecular formula is C17H23N3O. The summed E-state index contributed by atoms with van der Waals surface area (Å²) in [5, 5.41) is 3.31. The number of hydrogen-bond acceptors (Lipinski definition) is 3. The number of benzene rings is 1. The van der Waals surface area contributed by atoms with Crippen LogP contribution >= 0.6 is 0 Å². The molecule has 1 aromatic heterocycles. The molecule has 0 unspecified atom stereocenters. The number of rotatable bonds is 5. The highest BCUT2D eigenvalue weighted by atomic mass is 16.1. The molecule has 1 fully saturated rings. The number of aryl methyl sites for hydroxylation is 1. The van der Waals surface area contributed by atoms with E-state index >= 15 is 0 Å². The number of para-hydroxylation sites is 2. The first-order chi connectivity index (χ1) is 10.3. The van der Waals surface area contributed by atoms with Crippen LogP contribution in [0.15, 0.2) is 24.3 Å². The zero-order chi connectivity index (χ0) is 14.7. The summed E-state index contributed by atoms with van der Waals surface area (Å²) >= 11 is 0. The van der Waals surface area contributed by atoms with Crippen LogP contribution in [0.4, 0.5) is 0 Å². The third-order valence-corrected chi connectivity index (χ3v) is 4.31. The zero-order valence-corrected chi connectivity index (χ0v) is 12.6. The van der Waals surface area contributed by atoms with Crippen LogP contribution in [-0.2, 0) is 17.8 Å². The van der Waals surface area contributed by atoms with Gasteiger partial charge in [-0.25, -0.2) is 4.98 Å². The number of carbonyl (C=O) groups excluding carboxylic acids is 1. The first kappa shape index (κ1) is 14.3. The summed E-state index contributed by atoms with van der Waals surface area (Å²) < 4.78 is 2.22. The summed E-state index contributed by atoms with van der Waals surface area (Å²) in [6, 6.07) is 8.16. The number of ketones is 1. The first-order valence-corrected chi connectivity index (χ1v) is 7.97. The molecule has 0 saturated carbocycles. The van der Waals surface area contributed by atoms with Crippen molar-refractivity contribution in [3.63, 3.8) is 0 Å². The van der Waals surface area contributed by atoms with Gasteiger partial charge in [-0.15, -0.1) is 0 Å². The van der Waals surface area contributed by atoms with Crippen LogP contribution in [0.1, 0.15) is 32.0 Å². The summed E-state index contributed by atoms with van der Waals surface area (Å²) in [5.41, 5.74) is 2.14. The van der Waals surface area contributed by atoms with E-state index in [1.54, 1.807) is 0 Å². The van der Waals surface area contributed by atoms with Gasteiger partial charge in [-0.1, -0.05) is 19.1 Å². The molecule has 4 nitrogen and oxygen atoms in total. The molecule has 21 heavy (non-hydrogen) atoms. The van der Waals surface area contributed by atoms with Crippen LogP contribution in [0.5, 0.6) is 0 Å². The van der Waals surface area contributed by atoms with Crippen molar-refractivity contribution in [1.29, 1.82) is 0 Å². The molecular weight excluding hydrogens is 262 g/mol. The molecule has 0 radical (unpaired) electrons. The van der Waals surface area contributed by atoms with E-state index in [0.717, 1.165) is 55.8 Å². The highest BCUT2D eigenvalue weighted by molar-refractivity contribution is 5.84. The highest BCUT2D eigenvalue weighted by Crippen LogP contribution is 2.20. The van der Waals surface area contributed by atoms with Gasteiger partial charge < -0.3 is 9.88 Å². The molecule has 0 atom stereocenters. The quantitative estimate of drug-likeness (QED) is 0.918. The average Bonchev–Trinajstić information content (AvgIpc) is 2.86. The van der Waals surface area contributed by atoms with Crippen molar-refractivity contribution in [1.82, 2.24) is 14.9 Å². The van der Waals surface area contributed by atoms with Crippen LogP contribution in [0.25, 0.3) is 11.0 Å². The van der Waals surface area contributed by atoms with Crippen LogP contribution in [-0.4, -0.2) is 28.4 Å². The van der Waals surface area contributed by atoms with Gasteiger partial charge >= 0.3 is 0 Å². The van der Waals surface area contributed by atoms with E-state index in [2.05, 4.69) is 22.9 Å². The number of fused-ring (bicyclic) bond motifs is 1. The Bertz CT molecular complexity index is 626. The van der Waals surface area contributed by atoms with Gasteiger partial charge in [-0.05, 0) is 44.5 Å². The topological polar surface area (TPSA) is 46.9 Å². The number of hydrogen-bond donors (Lipinski definition) is 1. The summed E-state index contributed by atoms with van der Waals surface area (Å²) in [5.74, 6) is 1.49. The van der Waals surface area contributed by atoms with E-state index in [1.807, 2.05) is 18.2 Å². The van der Waals surface area contributed by atoms with Gasteiger partial charge in [0.2, 0.25) is 0 Å².